The summed E-state index contributed by atoms with van der Waals surface area (Å²) in [6.07, 6.45) is 1.70. The van der Waals surface area contributed by atoms with Crippen LogP contribution < -0.4 is 15.4 Å². The van der Waals surface area contributed by atoms with Crippen molar-refractivity contribution in [3.05, 3.63) is 48.3 Å². The number of para-hydroxylation sites is 2. The van der Waals surface area contributed by atoms with Crippen molar-refractivity contribution >= 4 is 17.3 Å². The Morgan fingerprint density at radius 2 is 1.87 bits per heavy atom. The summed E-state index contributed by atoms with van der Waals surface area (Å²) in [5.74, 6) is 0.586. The van der Waals surface area contributed by atoms with E-state index in [0.29, 0.717) is 5.69 Å². The van der Waals surface area contributed by atoms with E-state index in [1.807, 2.05) is 58.0 Å². The zero-order chi connectivity index (χ0) is 16.8. The Bertz CT molecular complexity index is 669. The molecule has 0 saturated heterocycles. The second-order valence-electron chi connectivity index (χ2n) is 5.85. The molecule has 0 fully saturated rings. The lowest BCUT2D eigenvalue weighted by atomic mass is 10.2. The number of carbonyl (C=O) groups is 1. The summed E-state index contributed by atoms with van der Waals surface area (Å²) in [5, 5.41) is 6.12. The molecule has 0 spiro atoms. The van der Waals surface area contributed by atoms with Crippen molar-refractivity contribution in [1.29, 1.82) is 0 Å². The first-order chi connectivity index (χ1) is 11.0. The van der Waals surface area contributed by atoms with Crippen molar-refractivity contribution in [3.8, 4) is 5.75 Å². The Morgan fingerprint density at radius 3 is 2.57 bits per heavy atom. The van der Waals surface area contributed by atoms with Gasteiger partial charge in [0, 0.05) is 17.9 Å². The summed E-state index contributed by atoms with van der Waals surface area (Å²) in [7, 11) is 0. The lowest BCUT2D eigenvalue weighted by molar-refractivity contribution is 0.0938. The number of hydrogen-bond acceptors (Lipinski definition) is 4. The van der Waals surface area contributed by atoms with Gasteiger partial charge < -0.3 is 15.4 Å². The highest BCUT2D eigenvalue weighted by Crippen LogP contribution is 2.28. The van der Waals surface area contributed by atoms with Gasteiger partial charge in [-0.3, -0.25) is 9.78 Å². The van der Waals surface area contributed by atoms with Crippen molar-refractivity contribution in [3.63, 3.8) is 0 Å². The average molecular weight is 313 g/mol. The number of nitrogens with zero attached hydrogens (tertiary/aromatic N) is 1. The minimum Gasteiger partial charge on any atom is -0.489 e. The molecule has 2 rings (SSSR count). The number of pyridine rings is 1. The Hall–Kier alpha value is -2.56. The number of rotatable bonds is 6. The van der Waals surface area contributed by atoms with Gasteiger partial charge in [-0.15, -0.1) is 0 Å². The van der Waals surface area contributed by atoms with Gasteiger partial charge in [0.05, 0.1) is 11.8 Å². The number of anilines is 2. The number of nitrogens with one attached hydrogen (secondary N) is 2. The first-order valence-corrected chi connectivity index (χ1v) is 7.75. The van der Waals surface area contributed by atoms with E-state index in [9.17, 15) is 4.79 Å². The number of ether oxygens (including phenoxy) is 1. The van der Waals surface area contributed by atoms with E-state index in [1.54, 1.807) is 12.3 Å². The van der Waals surface area contributed by atoms with Crippen molar-refractivity contribution in [2.75, 3.05) is 5.32 Å². The van der Waals surface area contributed by atoms with Gasteiger partial charge in [-0.2, -0.15) is 0 Å². The molecule has 23 heavy (non-hydrogen) atoms. The Morgan fingerprint density at radius 1 is 1.13 bits per heavy atom. The number of carbonyl (C=O) groups excluding carboxylic acids is 1. The fourth-order valence-electron chi connectivity index (χ4n) is 2.05. The summed E-state index contributed by atoms with van der Waals surface area (Å²) < 4.78 is 5.79. The highest BCUT2D eigenvalue weighted by atomic mass is 16.5. The third kappa shape index (κ3) is 4.98. The lowest BCUT2D eigenvalue weighted by Gasteiger charge is -2.16. The Balaban J connectivity index is 2.19. The number of hydrogen-bond donors (Lipinski definition) is 2. The minimum atomic E-state index is -0.185. The minimum absolute atomic E-state index is 0.0704. The number of benzene rings is 1. The van der Waals surface area contributed by atoms with Crippen LogP contribution in [0.2, 0.25) is 0 Å². The third-order valence-corrected chi connectivity index (χ3v) is 2.94. The highest BCUT2D eigenvalue weighted by molar-refractivity contribution is 5.93. The van der Waals surface area contributed by atoms with Crippen LogP contribution in [-0.4, -0.2) is 23.0 Å². The summed E-state index contributed by atoms with van der Waals surface area (Å²) in [6.45, 7) is 7.80. The maximum atomic E-state index is 12.0. The van der Waals surface area contributed by atoms with E-state index >= 15 is 0 Å². The molecule has 122 valence electrons. The van der Waals surface area contributed by atoms with Crippen LogP contribution in [0, 0.1) is 0 Å². The second kappa shape index (κ2) is 7.63. The van der Waals surface area contributed by atoms with Crippen molar-refractivity contribution in [2.45, 2.75) is 39.8 Å². The molecule has 5 heteroatoms. The fraction of sp³-hybridized carbons (Fsp3) is 0.333. The number of amides is 1. The quantitative estimate of drug-likeness (QED) is 0.852. The van der Waals surface area contributed by atoms with Crippen LogP contribution in [0.25, 0.3) is 0 Å². The van der Waals surface area contributed by atoms with Crippen molar-refractivity contribution in [2.24, 2.45) is 0 Å². The van der Waals surface area contributed by atoms with E-state index in [0.717, 1.165) is 17.1 Å². The normalized spacial score (nSPS) is 10.7. The molecule has 0 saturated carbocycles. The summed E-state index contributed by atoms with van der Waals surface area (Å²) in [5.41, 5.74) is 2.02. The second-order valence-corrected chi connectivity index (χ2v) is 5.85. The van der Waals surface area contributed by atoms with Crippen LogP contribution in [-0.2, 0) is 0 Å². The maximum absolute atomic E-state index is 12.0. The smallest absolute Gasteiger partial charge is 0.270 e. The molecule has 0 aliphatic heterocycles. The van der Waals surface area contributed by atoms with Gasteiger partial charge in [-0.05, 0) is 52.0 Å². The van der Waals surface area contributed by atoms with Gasteiger partial charge in [-0.1, -0.05) is 12.1 Å². The van der Waals surface area contributed by atoms with Gasteiger partial charge in [-0.25, -0.2) is 0 Å². The SMILES string of the molecule is CC(C)NC(=O)c1cc(Nc2ccccc2OC(C)C)ccn1. The fourth-order valence-corrected chi connectivity index (χ4v) is 2.05. The van der Waals surface area contributed by atoms with Gasteiger partial charge in [0.1, 0.15) is 11.4 Å². The molecular weight excluding hydrogens is 290 g/mol. The number of aromatic nitrogens is 1. The van der Waals surface area contributed by atoms with Crippen LogP contribution >= 0.6 is 0 Å². The Labute approximate surface area is 137 Å². The zero-order valence-corrected chi connectivity index (χ0v) is 14.0. The van der Waals surface area contributed by atoms with E-state index in [-0.39, 0.29) is 18.1 Å². The lowest BCUT2D eigenvalue weighted by Crippen LogP contribution is -2.30. The molecule has 0 unspecified atom stereocenters. The van der Waals surface area contributed by atoms with Crippen LogP contribution in [0.5, 0.6) is 5.75 Å². The largest absolute Gasteiger partial charge is 0.489 e. The Kier molecular flexibility index (Phi) is 5.57. The molecule has 5 nitrogen and oxygen atoms in total. The van der Waals surface area contributed by atoms with Crippen LogP contribution in [0.1, 0.15) is 38.2 Å². The van der Waals surface area contributed by atoms with Gasteiger partial charge >= 0.3 is 0 Å². The third-order valence-electron chi connectivity index (χ3n) is 2.94. The predicted molar refractivity (Wildman–Crippen MR) is 92.3 cm³/mol. The van der Waals surface area contributed by atoms with Crippen LogP contribution in [0.3, 0.4) is 0 Å². The van der Waals surface area contributed by atoms with Crippen LogP contribution in [0.15, 0.2) is 42.6 Å². The molecule has 1 aromatic heterocycles. The molecule has 0 radical (unpaired) electrons. The standard InChI is InChI=1S/C18H23N3O2/c1-12(2)20-18(22)16-11-14(9-10-19-16)21-15-7-5-6-8-17(15)23-13(3)4/h5-13H,1-4H3,(H,19,21)(H,20,22). The van der Waals surface area contributed by atoms with Crippen molar-refractivity contribution < 1.29 is 9.53 Å². The molecule has 0 aliphatic rings. The molecule has 1 heterocycles. The molecule has 0 bridgehead atoms. The molecule has 0 aliphatic carbocycles. The molecular formula is C18H23N3O2. The van der Waals surface area contributed by atoms with E-state index < -0.39 is 0 Å². The van der Waals surface area contributed by atoms with Gasteiger partial charge in [0.2, 0.25) is 0 Å². The van der Waals surface area contributed by atoms with Gasteiger partial charge in [0.15, 0.2) is 0 Å². The highest BCUT2D eigenvalue weighted by Gasteiger charge is 2.10. The maximum Gasteiger partial charge on any atom is 0.270 e. The van der Waals surface area contributed by atoms with E-state index in [4.69, 9.17) is 4.74 Å². The summed E-state index contributed by atoms with van der Waals surface area (Å²) in [4.78, 5) is 16.2. The molecule has 2 N–H and O–H groups in total. The van der Waals surface area contributed by atoms with Crippen molar-refractivity contribution in [1.82, 2.24) is 10.3 Å². The van der Waals surface area contributed by atoms with Crippen LogP contribution in [0.4, 0.5) is 11.4 Å². The van der Waals surface area contributed by atoms with E-state index in [1.165, 1.54) is 0 Å². The first-order valence-electron chi connectivity index (χ1n) is 7.75. The summed E-state index contributed by atoms with van der Waals surface area (Å²) in [6, 6.07) is 11.3. The summed E-state index contributed by atoms with van der Waals surface area (Å²) >= 11 is 0. The molecule has 2 aromatic rings. The topological polar surface area (TPSA) is 63.2 Å². The molecule has 0 atom stereocenters. The monoisotopic (exact) mass is 313 g/mol. The zero-order valence-electron chi connectivity index (χ0n) is 14.0. The average Bonchev–Trinajstić information content (AvgIpc) is 2.48. The predicted octanol–water partition coefficient (Wildman–Crippen LogP) is 3.75. The molecule has 1 amide bonds. The van der Waals surface area contributed by atoms with Gasteiger partial charge in [0.25, 0.3) is 5.91 Å². The first kappa shape index (κ1) is 16.8. The molecule has 1 aromatic carbocycles. The van der Waals surface area contributed by atoms with E-state index in [2.05, 4.69) is 15.6 Å².